The highest BCUT2D eigenvalue weighted by atomic mass is 15.1. The number of nitrogens with zero attached hydrogens (tertiary/aromatic N) is 1. The maximum Gasteiger partial charge on any atom is 0.0539 e. The second kappa shape index (κ2) is 5.04. The van der Waals surface area contributed by atoms with Crippen LogP contribution in [0.4, 0.5) is 5.69 Å². The van der Waals surface area contributed by atoms with Gasteiger partial charge in [-0.05, 0) is 24.5 Å². The molecular weight excluding hydrogens is 210 g/mol. The van der Waals surface area contributed by atoms with Crippen molar-refractivity contribution in [2.45, 2.75) is 33.2 Å². The zero-order valence-corrected chi connectivity index (χ0v) is 10.6. The summed E-state index contributed by atoms with van der Waals surface area (Å²) in [5.74, 6) is 0.532. The van der Waals surface area contributed by atoms with Crippen LogP contribution in [0, 0.1) is 6.92 Å². The van der Waals surface area contributed by atoms with Gasteiger partial charge >= 0.3 is 0 Å². The van der Waals surface area contributed by atoms with Crippen LogP contribution >= 0.6 is 0 Å². The van der Waals surface area contributed by atoms with E-state index in [1.165, 1.54) is 16.8 Å². The van der Waals surface area contributed by atoms with Crippen molar-refractivity contribution in [2.75, 3.05) is 5.32 Å². The zero-order valence-electron chi connectivity index (χ0n) is 10.6. The third kappa shape index (κ3) is 2.67. The quantitative estimate of drug-likeness (QED) is 0.843. The number of aromatic amines is 1. The van der Waals surface area contributed by atoms with Crippen molar-refractivity contribution in [3.8, 4) is 0 Å². The molecule has 0 aliphatic rings. The van der Waals surface area contributed by atoms with Crippen LogP contribution in [0.1, 0.15) is 36.6 Å². The highest BCUT2D eigenvalue weighted by Crippen LogP contribution is 2.24. The van der Waals surface area contributed by atoms with E-state index in [2.05, 4.69) is 53.6 Å². The van der Waals surface area contributed by atoms with Crippen molar-refractivity contribution in [3.05, 3.63) is 47.3 Å². The molecule has 0 radical (unpaired) electrons. The van der Waals surface area contributed by atoms with Crippen molar-refractivity contribution in [3.63, 3.8) is 0 Å². The molecule has 0 aliphatic carbocycles. The third-order valence-electron chi connectivity index (χ3n) is 2.99. The Hall–Kier alpha value is -1.77. The highest BCUT2D eigenvalue weighted by molar-refractivity contribution is 5.52. The first-order valence-electron chi connectivity index (χ1n) is 6.00. The molecule has 0 bridgehead atoms. The normalized spacial score (nSPS) is 10.8. The molecule has 2 N–H and O–H groups in total. The smallest absolute Gasteiger partial charge is 0.0539 e. The van der Waals surface area contributed by atoms with Gasteiger partial charge in [-0.3, -0.25) is 5.10 Å². The van der Waals surface area contributed by atoms with Crippen LogP contribution in [0.15, 0.2) is 30.5 Å². The number of aromatic nitrogens is 2. The predicted molar refractivity (Wildman–Crippen MR) is 71.2 cm³/mol. The number of hydrogen-bond acceptors (Lipinski definition) is 2. The number of nitrogens with one attached hydrogen (secondary N) is 2. The highest BCUT2D eigenvalue weighted by Gasteiger charge is 2.06. The van der Waals surface area contributed by atoms with Crippen molar-refractivity contribution in [1.29, 1.82) is 0 Å². The molecule has 0 fully saturated rings. The molecule has 0 aliphatic heterocycles. The minimum atomic E-state index is 0.532. The molecule has 0 unspecified atom stereocenters. The van der Waals surface area contributed by atoms with E-state index in [4.69, 9.17) is 0 Å². The van der Waals surface area contributed by atoms with Crippen LogP contribution in [-0.2, 0) is 6.54 Å². The summed E-state index contributed by atoms with van der Waals surface area (Å²) in [5, 5.41) is 10.5. The number of aryl methyl sites for hydroxylation is 1. The number of para-hydroxylation sites is 1. The number of H-pyrrole nitrogens is 1. The molecule has 2 rings (SSSR count). The molecule has 90 valence electrons. The minimum absolute atomic E-state index is 0.532. The molecule has 1 aromatic carbocycles. The van der Waals surface area contributed by atoms with Crippen LogP contribution in [0.3, 0.4) is 0 Å². The van der Waals surface area contributed by atoms with Gasteiger partial charge in [0.1, 0.15) is 0 Å². The standard InChI is InChI=1S/C14H19N3/c1-10(2)13-6-4-5-7-14(13)15-8-12-9-16-17-11(12)3/h4-7,9-10,15H,8H2,1-3H3,(H,16,17). The number of hydrogen-bond donors (Lipinski definition) is 2. The Bertz CT molecular complexity index is 486. The SMILES string of the molecule is Cc1[nH]ncc1CNc1ccccc1C(C)C. The van der Waals surface area contributed by atoms with Crippen molar-refractivity contribution < 1.29 is 0 Å². The van der Waals surface area contributed by atoms with E-state index in [-0.39, 0.29) is 0 Å². The second-order valence-electron chi connectivity index (χ2n) is 4.62. The summed E-state index contributed by atoms with van der Waals surface area (Å²) in [6.07, 6.45) is 1.88. The van der Waals surface area contributed by atoms with Gasteiger partial charge in [0.15, 0.2) is 0 Å². The molecular formula is C14H19N3. The van der Waals surface area contributed by atoms with Gasteiger partial charge in [0.2, 0.25) is 0 Å². The van der Waals surface area contributed by atoms with Crippen molar-refractivity contribution >= 4 is 5.69 Å². The lowest BCUT2D eigenvalue weighted by atomic mass is 10.0. The summed E-state index contributed by atoms with van der Waals surface area (Å²) in [7, 11) is 0. The van der Waals surface area contributed by atoms with Crippen LogP contribution in [-0.4, -0.2) is 10.2 Å². The van der Waals surface area contributed by atoms with E-state index in [9.17, 15) is 0 Å². The van der Waals surface area contributed by atoms with Gasteiger partial charge in [0.05, 0.1) is 6.20 Å². The topological polar surface area (TPSA) is 40.7 Å². The van der Waals surface area contributed by atoms with Gasteiger partial charge in [-0.15, -0.1) is 0 Å². The Morgan fingerprint density at radius 3 is 2.71 bits per heavy atom. The van der Waals surface area contributed by atoms with E-state index in [0.29, 0.717) is 5.92 Å². The molecule has 0 saturated heterocycles. The van der Waals surface area contributed by atoms with Crippen LogP contribution in [0.2, 0.25) is 0 Å². The van der Waals surface area contributed by atoms with E-state index in [0.717, 1.165) is 12.2 Å². The molecule has 0 atom stereocenters. The van der Waals surface area contributed by atoms with E-state index >= 15 is 0 Å². The fourth-order valence-electron chi connectivity index (χ4n) is 1.91. The lowest BCUT2D eigenvalue weighted by Gasteiger charge is -2.14. The van der Waals surface area contributed by atoms with Crippen LogP contribution < -0.4 is 5.32 Å². The summed E-state index contributed by atoms with van der Waals surface area (Å²) in [4.78, 5) is 0. The molecule has 0 spiro atoms. The van der Waals surface area contributed by atoms with E-state index in [1.54, 1.807) is 0 Å². The maximum absolute atomic E-state index is 4.03. The van der Waals surface area contributed by atoms with Gasteiger partial charge in [0.25, 0.3) is 0 Å². The van der Waals surface area contributed by atoms with E-state index in [1.807, 2.05) is 13.1 Å². The molecule has 3 heteroatoms. The summed E-state index contributed by atoms with van der Waals surface area (Å²) >= 11 is 0. The van der Waals surface area contributed by atoms with Crippen molar-refractivity contribution in [1.82, 2.24) is 10.2 Å². The van der Waals surface area contributed by atoms with Gasteiger partial charge < -0.3 is 5.32 Å². The minimum Gasteiger partial charge on any atom is -0.381 e. The second-order valence-corrected chi connectivity index (χ2v) is 4.62. The maximum atomic E-state index is 4.03. The number of rotatable bonds is 4. The Morgan fingerprint density at radius 1 is 1.29 bits per heavy atom. The molecule has 0 saturated carbocycles. The Balaban J connectivity index is 2.11. The van der Waals surface area contributed by atoms with Gasteiger partial charge in [-0.1, -0.05) is 32.0 Å². The first-order chi connectivity index (χ1) is 8.18. The van der Waals surface area contributed by atoms with Gasteiger partial charge in [-0.2, -0.15) is 5.10 Å². The summed E-state index contributed by atoms with van der Waals surface area (Å²) in [5.41, 5.74) is 4.90. The zero-order chi connectivity index (χ0) is 12.3. The lowest BCUT2D eigenvalue weighted by Crippen LogP contribution is -2.03. The average Bonchev–Trinajstić information content (AvgIpc) is 2.72. The number of anilines is 1. The van der Waals surface area contributed by atoms with Crippen LogP contribution in [0.5, 0.6) is 0 Å². The molecule has 0 amide bonds. The third-order valence-corrected chi connectivity index (χ3v) is 2.99. The molecule has 1 aromatic heterocycles. The summed E-state index contributed by atoms with van der Waals surface area (Å²) < 4.78 is 0. The Kier molecular flexibility index (Phi) is 3.47. The molecule has 2 aromatic rings. The predicted octanol–water partition coefficient (Wildman–Crippen LogP) is 3.45. The fourth-order valence-corrected chi connectivity index (χ4v) is 1.91. The van der Waals surface area contributed by atoms with E-state index < -0.39 is 0 Å². The summed E-state index contributed by atoms with van der Waals surface area (Å²) in [6.45, 7) is 7.28. The lowest BCUT2D eigenvalue weighted by molar-refractivity contribution is 0.865. The summed E-state index contributed by atoms with van der Waals surface area (Å²) in [6, 6.07) is 8.46. The fraction of sp³-hybridized carbons (Fsp3) is 0.357. The van der Waals surface area contributed by atoms with Crippen molar-refractivity contribution in [2.24, 2.45) is 0 Å². The van der Waals surface area contributed by atoms with Gasteiger partial charge in [-0.25, -0.2) is 0 Å². The molecule has 3 nitrogen and oxygen atoms in total. The first kappa shape index (κ1) is 11.7. The van der Waals surface area contributed by atoms with Crippen LogP contribution in [0.25, 0.3) is 0 Å². The molecule has 1 heterocycles. The average molecular weight is 229 g/mol. The first-order valence-corrected chi connectivity index (χ1v) is 6.00. The monoisotopic (exact) mass is 229 g/mol. The van der Waals surface area contributed by atoms with Gasteiger partial charge in [0, 0.05) is 23.5 Å². The Labute approximate surface area is 102 Å². The molecule has 17 heavy (non-hydrogen) atoms. The number of benzene rings is 1. The largest absolute Gasteiger partial charge is 0.381 e. The Morgan fingerprint density at radius 2 is 2.06 bits per heavy atom.